The number of carbonyl (C=O) groups excluding carboxylic acids is 1. The zero-order valence-corrected chi connectivity index (χ0v) is 12.1. The molecule has 0 heterocycles. The Bertz CT molecular complexity index is 367. The Labute approximate surface area is 114 Å². The van der Waals surface area contributed by atoms with Gasteiger partial charge in [-0.2, -0.15) is 11.8 Å². The van der Waals surface area contributed by atoms with E-state index in [0.29, 0.717) is 12.0 Å². The Kier molecular flexibility index (Phi) is 6.62. The van der Waals surface area contributed by atoms with Crippen molar-refractivity contribution in [1.82, 2.24) is 5.32 Å². The molecule has 17 heavy (non-hydrogen) atoms. The van der Waals surface area contributed by atoms with Crippen LogP contribution in [-0.4, -0.2) is 35.7 Å². The lowest BCUT2D eigenvalue weighted by atomic mass is 10.2. The third kappa shape index (κ3) is 5.10. The average Bonchev–Trinajstić information content (AvgIpc) is 2.29. The van der Waals surface area contributed by atoms with Gasteiger partial charge < -0.3 is 10.4 Å². The Balaban J connectivity index is 2.63. The van der Waals surface area contributed by atoms with Gasteiger partial charge in [0.15, 0.2) is 0 Å². The summed E-state index contributed by atoms with van der Waals surface area (Å²) in [6.07, 6.45) is 2.57. The quantitative estimate of drug-likeness (QED) is 0.846. The molecule has 5 heteroatoms. The number of benzene rings is 1. The van der Waals surface area contributed by atoms with Crippen LogP contribution in [0.2, 0.25) is 0 Å². The van der Waals surface area contributed by atoms with Gasteiger partial charge >= 0.3 is 0 Å². The standard InChI is InChI=1S/C12H16BrNO2S/c1-17-8-11(5-6-15)14-12(16)9-3-2-4-10(13)7-9/h2-4,7,11,15H,5-6,8H2,1H3,(H,14,16). The molecule has 1 rings (SSSR count). The number of nitrogens with one attached hydrogen (secondary N) is 1. The van der Waals surface area contributed by atoms with E-state index in [9.17, 15) is 4.79 Å². The monoisotopic (exact) mass is 317 g/mol. The maximum atomic E-state index is 11.9. The van der Waals surface area contributed by atoms with Crippen molar-refractivity contribution in [2.75, 3.05) is 18.6 Å². The number of hydrogen-bond acceptors (Lipinski definition) is 3. The summed E-state index contributed by atoms with van der Waals surface area (Å²) in [5.41, 5.74) is 0.628. The zero-order chi connectivity index (χ0) is 12.7. The van der Waals surface area contributed by atoms with E-state index in [1.54, 1.807) is 23.9 Å². The third-order valence-electron chi connectivity index (χ3n) is 2.27. The fraction of sp³-hybridized carbons (Fsp3) is 0.417. The molecule has 1 atom stereocenters. The van der Waals surface area contributed by atoms with E-state index >= 15 is 0 Å². The predicted octanol–water partition coefficient (Wildman–Crippen LogP) is 2.29. The van der Waals surface area contributed by atoms with Crippen molar-refractivity contribution < 1.29 is 9.90 Å². The minimum Gasteiger partial charge on any atom is -0.396 e. The van der Waals surface area contributed by atoms with Crippen molar-refractivity contribution in [1.29, 1.82) is 0 Å². The topological polar surface area (TPSA) is 49.3 Å². The maximum Gasteiger partial charge on any atom is 0.251 e. The van der Waals surface area contributed by atoms with Crippen LogP contribution in [0.25, 0.3) is 0 Å². The Morgan fingerprint density at radius 3 is 2.94 bits per heavy atom. The van der Waals surface area contributed by atoms with E-state index in [-0.39, 0.29) is 18.6 Å². The smallest absolute Gasteiger partial charge is 0.251 e. The molecule has 2 N–H and O–H groups in total. The second kappa shape index (κ2) is 7.74. The highest BCUT2D eigenvalue weighted by Gasteiger charge is 2.12. The molecular weight excluding hydrogens is 302 g/mol. The molecule has 1 amide bonds. The van der Waals surface area contributed by atoms with Gasteiger partial charge in [-0.25, -0.2) is 0 Å². The Morgan fingerprint density at radius 2 is 2.35 bits per heavy atom. The number of halogens is 1. The number of rotatable bonds is 6. The SMILES string of the molecule is CSCC(CCO)NC(=O)c1cccc(Br)c1. The number of thioether (sulfide) groups is 1. The van der Waals surface area contributed by atoms with Crippen LogP contribution in [0.1, 0.15) is 16.8 Å². The highest BCUT2D eigenvalue weighted by Crippen LogP contribution is 2.12. The molecule has 0 saturated heterocycles. The molecule has 3 nitrogen and oxygen atoms in total. The zero-order valence-electron chi connectivity index (χ0n) is 9.65. The summed E-state index contributed by atoms with van der Waals surface area (Å²) < 4.78 is 0.883. The van der Waals surface area contributed by atoms with E-state index < -0.39 is 0 Å². The van der Waals surface area contributed by atoms with E-state index in [1.807, 2.05) is 18.4 Å². The molecule has 0 aliphatic heterocycles. The first-order valence-electron chi connectivity index (χ1n) is 5.33. The molecule has 0 aromatic heterocycles. The molecule has 0 saturated carbocycles. The Morgan fingerprint density at radius 1 is 1.59 bits per heavy atom. The first-order valence-corrected chi connectivity index (χ1v) is 7.52. The van der Waals surface area contributed by atoms with E-state index in [1.165, 1.54) is 0 Å². The van der Waals surface area contributed by atoms with Gasteiger partial charge in [0.05, 0.1) is 0 Å². The lowest BCUT2D eigenvalue weighted by molar-refractivity contribution is 0.0935. The van der Waals surface area contributed by atoms with Crippen molar-refractivity contribution in [3.8, 4) is 0 Å². The minimum atomic E-state index is -0.0983. The second-order valence-electron chi connectivity index (χ2n) is 3.65. The van der Waals surface area contributed by atoms with Crippen LogP contribution in [0.5, 0.6) is 0 Å². The van der Waals surface area contributed by atoms with Crippen LogP contribution in [0.4, 0.5) is 0 Å². The van der Waals surface area contributed by atoms with E-state index in [4.69, 9.17) is 5.11 Å². The van der Waals surface area contributed by atoms with Crippen molar-refractivity contribution in [3.63, 3.8) is 0 Å². The highest BCUT2D eigenvalue weighted by atomic mass is 79.9. The molecule has 0 fully saturated rings. The molecule has 0 bridgehead atoms. The number of carbonyl (C=O) groups is 1. The summed E-state index contributed by atoms with van der Waals surface area (Å²) in [7, 11) is 0. The molecule has 1 aromatic rings. The van der Waals surface area contributed by atoms with Gasteiger partial charge in [-0.15, -0.1) is 0 Å². The number of aliphatic hydroxyl groups is 1. The first-order chi connectivity index (χ1) is 8.17. The van der Waals surface area contributed by atoms with E-state index in [0.717, 1.165) is 10.2 Å². The number of hydrogen-bond donors (Lipinski definition) is 2. The van der Waals surface area contributed by atoms with Crippen LogP contribution in [0, 0.1) is 0 Å². The summed E-state index contributed by atoms with van der Waals surface area (Å²) in [4.78, 5) is 11.9. The second-order valence-corrected chi connectivity index (χ2v) is 5.47. The van der Waals surface area contributed by atoms with Gasteiger partial charge in [0, 0.05) is 28.4 Å². The number of aliphatic hydroxyl groups excluding tert-OH is 1. The third-order valence-corrected chi connectivity index (χ3v) is 3.50. The van der Waals surface area contributed by atoms with Gasteiger partial charge in [0.2, 0.25) is 0 Å². The van der Waals surface area contributed by atoms with Gasteiger partial charge in [-0.3, -0.25) is 4.79 Å². The maximum absolute atomic E-state index is 11.9. The fourth-order valence-corrected chi connectivity index (χ4v) is 2.50. The molecular formula is C12H16BrNO2S. The van der Waals surface area contributed by atoms with Crippen LogP contribution < -0.4 is 5.32 Å². The molecule has 1 aromatic carbocycles. The average molecular weight is 318 g/mol. The molecule has 0 aliphatic carbocycles. The van der Waals surface area contributed by atoms with Gasteiger partial charge in [-0.1, -0.05) is 22.0 Å². The van der Waals surface area contributed by atoms with Crippen LogP contribution in [0.15, 0.2) is 28.7 Å². The summed E-state index contributed by atoms with van der Waals surface area (Å²) >= 11 is 4.99. The van der Waals surface area contributed by atoms with Crippen molar-refractivity contribution in [2.45, 2.75) is 12.5 Å². The molecule has 1 unspecified atom stereocenters. The van der Waals surface area contributed by atoms with Crippen LogP contribution in [0.3, 0.4) is 0 Å². The number of amides is 1. The summed E-state index contributed by atoms with van der Waals surface area (Å²) in [6.45, 7) is 0.0873. The van der Waals surface area contributed by atoms with Crippen LogP contribution in [-0.2, 0) is 0 Å². The van der Waals surface area contributed by atoms with Crippen molar-refractivity contribution in [3.05, 3.63) is 34.3 Å². The minimum absolute atomic E-state index is 0.0153. The molecule has 0 spiro atoms. The van der Waals surface area contributed by atoms with Gasteiger partial charge in [0.1, 0.15) is 0 Å². The van der Waals surface area contributed by atoms with Gasteiger partial charge in [0.25, 0.3) is 5.91 Å². The highest BCUT2D eigenvalue weighted by molar-refractivity contribution is 9.10. The molecule has 94 valence electrons. The normalized spacial score (nSPS) is 12.2. The summed E-state index contributed by atoms with van der Waals surface area (Å²) in [5, 5.41) is 11.8. The predicted molar refractivity (Wildman–Crippen MR) is 75.5 cm³/mol. The largest absolute Gasteiger partial charge is 0.396 e. The van der Waals surface area contributed by atoms with Crippen LogP contribution >= 0.6 is 27.7 Å². The molecule has 0 radical (unpaired) electrons. The fourth-order valence-electron chi connectivity index (χ4n) is 1.45. The first kappa shape index (κ1) is 14.5. The summed E-state index contributed by atoms with van der Waals surface area (Å²) in [5.74, 6) is 0.708. The van der Waals surface area contributed by atoms with Crippen molar-refractivity contribution in [2.24, 2.45) is 0 Å². The molecule has 0 aliphatic rings. The lowest BCUT2D eigenvalue weighted by Crippen LogP contribution is -2.37. The van der Waals surface area contributed by atoms with Gasteiger partial charge in [-0.05, 0) is 30.9 Å². The summed E-state index contributed by atoms with van der Waals surface area (Å²) in [6, 6.07) is 7.28. The van der Waals surface area contributed by atoms with Crippen molar-refractivity contribution >= 4 is 33.6 Å². The van der Waals surface area contributed by atoms with E-state index in [2.05, 4.69) is 21.2 Å². The lowest BCUT2D eigenvalue weighted by Gasteiger charge is -2.16. The Hall–Kier alpha value is -0.520.